The predicted octanol–water partition coefficient (Wildman–Crippen LogP) is 2.23. The summed E-state index contributed by atoms with van der Waals surface area (Å²) in [6, 6.07) is 14.5. The molecule has 2 aromatic carbocycles. The monoisotopic (exact) mass is 374 g/mol. The maximum atomic E-state index is 12.6. The van der Waals surface area contributed by atoms with Crippen molar-refractivity contribution >= 4 is 15.9 Å². The summed E-state index contributed by atoms with van der Waals surface area (Å²) in [4.78, 5) is 12.5. The molecule has 26 heavy (non-hydrogen) atoms. The first-order chi connectivity index (χ1) is 12.3. The maximum Gasteiger partial charge on any atom is 0.251 e. The maximum absolute atomic E-state index is 12.6. The highest BCUT2D eigenvalue weighted by molar-refractivity contribution is 7.89. The van der Waals surface area contributed by atoms with Gasteiger partial charge in [0.15, 0.2) is 0 Å². The number of ether oxygens (including phenoxy) is 1. The van der Waals surface area contributed by atoms with Crippen molar-refractivity contribution in [3.8, 4) is 5.75 Å². The van der Waals surface area contributed by atoms with E-state index < -0.39 is 10.0 Å². The number of benzene rings is 2. The summed E-state index contributed by atoms with van der Waals surface area (Å²) in [5.74, 6) is 0.235. The van der Waals surface area contributed by atoms with E-state index in [0.717, 1.165) is 10.7 Å². The van der Waals surface area contributed by atoms with Crippen molar-refractivity contribution in [3.63, 3.8) is 0 Å². The molecule has 1 amide bonds. The molecule has 0 aliphatic heterocycles. The molecule has 0 bridgehead atoms. The molecule has 0 heterocycles. The number of amides is 1. The fraction of sp³-hybridized carbons (Fsp3) is 0.316. The van der Waals surface area contributed by atoms with Gasteiger partial charge in [0.05, 0.1) is 7.11 Å². The zero-order valence-corrected chi connectivity index (χ0v) is 15.8. The fourth-order valence-electron chi connectivity index (χ4n) is 2.89. The van der Waals surface area contributed by atoms with E-state index in [0.29, 0.717) is 11.5 Å². The number of rotatable bonds is 6. The Morgan fingerprint density at radius 3 is 2.46 bits per heavy atom. The number of nitrogens with one attached hydrogen (secondary N) is 1. The van der Waals surface area contributed by atoms with Gasteiger partial charge in [0, 0.05) is 31.6 Å². The smallest absolute Gasteiger partial charge is 0.251 e. The molecular weight excluding hydrogens is 352 g/mol. The third-order valence-corrected chi connectivity index (χ3v) is 6.36. The number of nitrogens with zero attached hydrogens (tertiary/aromatic N) is 1. The quantitative estimate of drug-likeness (QED) is 0.841. The number of hydrogen-bond donors (Lipinski definition) is 1. The van der Waals surface area contributed by atoms with Crippen LogP contribution in [0.5, 0.6) is 5.75 Å². The summed E-state index contributed by atoms with van der Waals surface area (Å²) in [7, 11) is 0.569. The molecule has 6 nitrogen and oxygen atoms in total. The minimum atomic E-state index is -3.71. The third-order valence-electron chi connectivity index (χ3n) is 4.52. The average Bonchev–Trinajstić information content (AvgIpc) is 3.40. The lowest BCUT2D eigenvalue weighted by Gasteiger charge is -2.15. The standard InChI is InChI=1S/C19H22N2O4S/c1-21(2)26(23,24)18-11-14(9-10-17(18)25-3)19(22)20-16-12-15(16)13-7-5-4-6-8-13/h4-11,15-16H,12H2,1-3H3,(H,20,22)/t15-,16+/m1/s1. The summed E-state index contributed by atoms with van der Waals surface area (Å²) in [6.45, 7) is 0. The highest BCUT2D eigenvalue weighted by Crippen LogP contribution is 2.40. The molecule has 1 fully saturated rings. The first kappa shape index (κ1) is 18.4. The Bertz CT molecular complexity index is 910. The van der Waals surface area contributed by atoms with E-state index in [-0.39, 0.29) is 22.6 Å². The molecule has 0 saturated heterocycles. The van der Waals surface area contributed by atoms with Crippen molar-refractivity contribution in [2.45, 2.75) is 23.3 Å². The normalized spacial score (nSPS) is 19.2. The molecule has 3 rings (SSSR count). The molecule has 7 heteroatoms. The van der Waals surface area contributed by atoms with Crippen molar-refractivity contribution in [2.75, 3.05) is 21.2 Å². The molecule has 1 saturated carbocycles. The fourth-order valence-corrected chi connectivity index (χ4v) is 3.97. The van der Waals surface area contributed by atoms with Gasteiger partial charge in [-0.2, -0.15) is 0 Å². The summed E-state index contributed by atoms with van der Waals surface area (Å²) in [6.07, 6.45) is 0.884. The summed E-state index contributed by atoms with van der Waals surface area (Å²) < 4.78 is 31.2. The molecule has 2 aromatic rings. The van der Waals surface area contributed by atoms with Crippen LogP contribution >= 0.6 is 0 Å². The summed E-state index contributed by atoms with van der Waals surface area (Å²) in [5, 5.41) is 2.98. The first-order valence-electron chi connectivity index (χ1n) is 8.31. The summed E-state index contributed by atoms with van der Waals surface area (Å²) >= 11 is 0. The van der Waals surface area contributed by atoms with Gasteiger partial charge in [-0.05, 0) is 30.2 Å². The van der Waals surface area contributed by atoms with Crippen molar-refractivity contribution in [3.05, 3.63) is 59.7 Å². The van der Waals surface area contributed by atoms with Crippen LogP contribution in [0.2, 0.25) is 0 Å². The van der Waals surface area contributed by atoms with Crippen LogP contribution in [0.1, 0.15) is 28.3 Å². The minimum Gasteiger partial charge on any atom is -0.495 e. The van der Waals surface area contributed by atoms with Crippen LogP contribution in [0.25, 0.3) is 0 Å². The SMILES string of the molecule is COc1ccc(C(=O)N[C@H]2C[C@@H]2c2ccccc2)cc1S(=O)(=O)N(C)C. The third kappa shape index (κ3) is 3.59. The number of sulfonamides is 1. The van der Waals surface area contributed by atoms with Gasteiger partial charge in [-0.3, -0.25) is 4.79 Å². The van der Waals surface area contributed by atoms with Crippen LogP contribution in [0, 0.1) is 0 Å². The van der Waals surface area contributed by atoms with Crippen LogP contribution in [0.4, 0.5) is 0 Å². The van der Waals surface area contributed by atoms with Gasteiger partial charge in [-0.1, -0.05) is 30.3 Å². The lowest BCUT2D eigenvalue weighted by Crippen LogP contribution is -2.27. The molecular formula is C19H22N2O4S. The molecule has 0 unspecified atom stereocenters. The van der Waals surface area contributed by atoms with E-state index in [1.807, 2.05) is 30.3 Å². The Morgan fingerprint density at radius 2 is 1.85 bits per heavy atom. The second kappa shape index (κ2) is 7.09. The number of methoxy groups -OCH3 is 1. The van der Waals surface area contributed by atoms with E-state index in [9.17, 15) is 13.2 Å². The van der Waals surface area contributed by atoms with Crippen molar-refractivity contribution in [1.82, 2.24) is 9.62 Å². The van der Waals surface area contributed by atoms with Crippen molar-refractivity contribution < 1.29 is 17.9 Å². The molecule has 0 spiro atoms. The topological polar surface area (TPSA) is 75.7 Å². The Kier molecular flexibility index (Phi) is 5.02. The largest absolute Gasteiger partial charge is 0.495 e. The van der Waals surface area contributed by atoms with E-state index in [4.69, 9.17) is 4.74 Å². The van der Waals surface area contributed by atoms with Crippen LogP contribution < -0.4 is 10.1 Å². The van der Waals surface area contributed by atoms with Gasteiger partial charge in [0.1, 0.15) is 10.6 Å². The lowest BCUT2D eigenvalue weighted by molar-refractivity contribution is 0.0950. The van der Waals surface area contributed by atoms with Gasteiger partial charge >= 0.3 is 0 Å². The molecule has 0 aromatic heterocycles. The van der Waals surface area contributed by atoms with Gasteiger partial charge in [-0.15, -0.1) is 0 Å². The highest BCUT2D eigenvalue weighted by Gasteiger charge is 2.39. The van der Waals surface area contributed by atoms with E-state index in [1.165, 1.54) is 38.9 Å². The Hall–Kier alpha value is -2.38. The lowest BCUT2D eigenvalue weighted by atomic mass is 10.1. The van der Waals surface area contributed by atoms with Gasteiger partial charge in [-0.25, -0.2) is 12.7 Å². The van der Waals surface area contributed by atoms with E-state index in [1.54, 1.807) is 6.07 Å². The Labute approximate surface area is 153 Å². The molecule has 1 aliphatic rings. The minimum absolute atomic E-state index is 0.0203. The molecule has 0 radical (unpaired) electrons. The average molecular weight is 374 g/mol. The zero-order chi connectivity index (χ0) is 18.9. The van der Waals surface area contributed by atoms with Crippen molar-refractivity contribution in [2.24, 2.45) is 0 Å². The first-order valence-corrected chi connectivity index (χ1v) is 9.75. The van der Waals surface area contributed by atoms with Gasteiger partial charge in [0.2, 0.25) is 10.0 Å². The molecule has 1 aliphatic carbocycles. The molecule has 2 atom stereocenters. The van der Waals surface area contributed by atoms with Crippen molar-refractivity contribution in [1.29, 1.82) is 0 Å². The van der Waals surface area contributed by atoms with E-state index >= 15 is 0 Å². The van der Waals surface area contributed by atoms with Crippen LogP contribution in [0.3, 0.4) is 0 Å². The van der Waals surface area contributed by atoms with E-state index in [2.05, 4.69) is 5.32 Å². The number of hydrogen-bond acceptors (Lipinski definition) is 4. The second-order valence-electron chi connectivity index (χ2n) is 6.49. The molecule has 1 N–H and O–H groups in total. The Morgan fingerprint density at radius 1 is 1.15 bits per heavy atom. The Balaban J connectivity index is 1.79. The number of carbonyl (C=O) groups excluding carboxylic acids is 1. The number of carbonyl (C=O) groups is 1. The van der Waals surface area contributed by atoms with Crippen LogP contribution in [-0.2, 0) is 10.0 Å². The zero-order valence-electron chi connectivity index (χ0n) is 15.0. The highest BCUT2D eigenvalue weighted by atomic mass is 32.2. The summed E-state index contributed by atoms with van der Waals surface area (Å²) in [5.41, 5.74) is 1.49. The van der Waals surface area contributed by atoms with Crippen LogP contribution in [0.15, 0.2) is 53.4 Å². The van der Waals surface area contributed by atoms with Crippen LogP contribution in [-0.4, -0.2) is 45.9 Å². The van der Waals surface area contributed by atoms with Gasteiger partial charge in [0.25, 0.3) is 5.91 Å². The second-order valence-corrected chi connectivity index (χ2v) is 8.61. The van der Waals surface area contributed by atoms with Gasteiger partial charge < -0.3 is 10.1 Å². The predicted molar refractivity (Wildman–Crippen MR) is 98.9 cm³/mol. The molecule has 138 valence electrons.